The first kappa shape index (κ1) is 17.8. The maximum Gasteiger partial charge on any atom is 0.228 e. The molecule has 8 heteroatoms. The normalized spacial score (nSPS) is 21.0. The van der Waals surface area contributed by atoms with Crippen LogP contribution in [0.3, 0.4) is 0 Å². The summed E-state index contributed by atoms with van der Waals surface area (Å²) in [6.45, 7) is 2.84. The number of ether oxygens (including phenoxy) is 1. The van der Waals surface area contributed by atoms with Crippen LogP contribution < -0.4 is 5.32 Å². The van der Waals surface area contributed by atoms with Gasteiger partial charge in [0.25, 0.3) is 0 Å². The van der Waals surface area contributed by atoms with Gasteiger partial charge < -0.3 is 15.0 Å². The van der Waals surface area contributed by atoms with Crippen molar-refractivity contribution in [3.63, 3.8) is 0 Å². The Morgan fingerprint density at radius 2 is 1.89 bits per heavy atom. The lowest BCUT2D eigenvalue weighted by molar-refractivity contribution is -0.140. The Labute approximate surface area is 158 Å². The predicted molar refractivity (Wildman–Crippen MR) is 99.4 cm³/mol. The van der Waals surface area contributed by atoms with E-state index in [0.717, 1.165) is 51.1 Å². The van der Waals surface area contributed by atoms with E-state index in [-0.39, 0.29) is 17.7 Å². The van der Waals surface area contributed by atoms with Crippen LogP contribution in [-0.2, 0) is 9.53 Å². The molecule has 0 aromatic carbocycles. The van der Waals surface area contributed by atoms with Gasteiger partial charge in [-0.1, -0.05) is 0 Å². The van der Waals surface area contributed by atoms with Crippen molar-refractivity contribution in [3.05, 3.63) is 36.7 Å². The molecule has 2 aliphatic heterocycles. The van der Waals surface area contributed by atoms with Gasteiger partial charge in [-0.25, -0.2) is 9.97 Å². The number of amides is 1. The zero-order valence-electron chi connectivity index (χ0n) is 15.3. The smallest absolute Gasteiger partial charge is 0.228 e. The van der Waals surface area contributed by atoms with Crippen molar-refractivity contribution in [3.8, 4) is 0 Å². The molecule has 0 unspecified atom stereocenters. The van der Waals surface area contributed by atoms with Crippen LogP contribution >= 0.6 is 0 Å². The van der Waals surface area contributed by atoms with Crippen molar-refractivity contribution < 1.29 is 9.53 Å². The van der Waals surface area contributed by atoms with Crippen LogP contribution in [0.1, 0.15) is 37.3 Å². The van der Waals surface area contributed by atoms with Crippen LogP contribution in [0, 0.1) is 5.92 Å². The minimum Gasteiger partial charge on any atom is -0.381 e. The number of likely N-dealkylation sites (tertiary alicyclic amines) is 1. The summed E-state index contributed by atoms with van der Waals surface area (Å²) in [4.78, 5) is 32.0. The molecule has 1 atom stereocenters. The molecule has 27 heavy (non-hydrogen) atoms. The standard InChI is InChI=1S/C19H24N6O2/c26-19(15-2-1-11-27-13-15)25-9-3-14(4-10-25)17-18(23-8-7-22-17)24-16-12-20-5-6-21-16/h5-8,12,14-15H,1-4,9-11,13H2,(H,21,23,24)/t15-/m1/s1. The Kier molecular flexibility index (Phi) is 5.53. The highest BCUT2D eigenvalue weighted by Gasteiger charge is 2.31. The number of hydrogen-bond acceptors (Lipinski definition) is 7. The Balaban J connectivity index is 1.40. The van der Waals surface area contributed by atoms with Gasteiger partial charge in [0.05, 0.1) is 24.4 Å². The minimum absolute atomic E-state index is 0.0284. The van der Waals surface area contributed by atoms with Crippen LogP contribution in [0.2, 0.25) is 0 Å². The summed E-state index contributed by atoms with van der Waals surface area (Å²) in [5.74, 6) is 1.89. The van der Waals surface area contributed by atoms with Crippen LogP contribution in [-0.4, -0.2) is 57.0 Å². The van der Waals surface area contributed by atoms with Crippen molar-refractivity contribution in [1.82, 2.24) is 24.8 Å². The molecule has 4 rings (SSSR count). The molecule has 142 valence electrons. The van der Waals surface area contributed by atoms with Gasteiger partial charge in [0.15, 0.2) is 5.82 Å². The third-order valence-corrected chi connectivity index (χ3v) is 5.24. The number of nitrogens with one attached hydrogen (secondary N) is 1. The average molecular weight is 368 g/mol. The fourth-order valence-corrected chi connectivity index (χ4v) is 3.80. The largest absolute Gasteiger partial charge is 0.381 e. The van der Waals surface area contributed by atoms with Gasteiger partial charge in [0.1, 0.15) is 5.82 Å². The molecule has 2 saturated heterocycles. The molecule has 0 aliphatic carbocycles. The number of carbonyl (C=O) groups excluding carboxylic acids is 1. The molecule has 2 fully saturated rings. The summed E-state index contributed by atoms with van der Waals surface area (Å²) in [5, 5.41) is 3.21. The summed E-state index contributed by atoms with van der Waals surface area (Å²) in [6.07, 6.45) is 12.0. The molecule has 2 aromatic heterocycles. The lowest BCUT2D eigenvalue weighted by atomic mass is 9.91. The van der Waals surface area contributed by atoms with Gasteiger partial charge in [0, 0.05) is 50.4 Å². The van der Waals surface area contributed by atoms with Crippen LogP contribution in [0.5, 0.6) is 0 Å². The van der Waals surface area contributed by atoms with E-state index in [1.807, 2.05) is 4.90 Å². The number of piperidine rings is 1. The monoisotopic (exact) mass is 368 g/mol. The first-order chi connectivity index (χ1) is 13.3. The predicted octanol–water partition coefficient (Wildman–Crippen LogP) is 2.14. The van der Waals surface area contributed by atoms with Crippen molar-refractivity contribution in [1.29, 1.82) is 0 Å². The highest BCUT2D eigenvalue weighted by atomic mass is 16.5. The zero-order valence-corrected chi connectivity index (χ0v) is 15.3. The van der Waals surface area contributed by atoms with E-state index in [2.05, 4.69) is 25.3 Å². The van der Waals surface area contributed by atoms with Crippen molar-refractivity contribution >= 4 is 17.5 Å². The Morgan fingerprint density at radius 3 is 2.63 bits per heavy atom. The minimum atomic E-state index is 0.0284. The highest BCUT2D eigenvalue weighted by Crippen LogP contribution is 2.32. The van der Waals surface area contributed by atoms with Crippen LogP contribution in [0.15, 0.2) is 31.0 Å². The maximum absolute atomic E-state index is 12.7. The van der Waals surface area contributed by atoms with E-state index in [9.17, 15) is 4.79 Å². The lowest BCUT2D eigenvalue weighted by Gasteiger charge is -2.35. The molecule has 8 nitrogen and oxygen atoms in total. The van der Waals surface area contributed by atoms with Gasteiger partial charge in [-0.15, -0.1) is 0 Å². The highest BCUT2D eigenvalue weighted by molar-refractivity contribution is 5.79. The van der Waals surface area contributed by atoms with Crippen LogP contribution in [0.25, 0.3) is 0 Å². The third-order valence-electron chi connectivity index (χ3n) is 5.24. The Hall–Kier alpha value is -2.61. The summed E-state index contributed by atoms with van der Waals surface area (Å²) in [5.41, 5.74) is 0.927. The van der Waals surface area contributed by atoms with Gasteiger partial charge >= 0.3 is 0 Å². The summed E-state index contributed by atoms with van der Waals surface area (Å²) < 4.78 is 5.47. The van der Waals surface area contributed by atoms with Gasteiger partial charge in [-0.2, -0.15) is 0 Å². The van der Waals surface area contributed by atoms with Gasteiger partial charge in [-0.05, 0) is 25.7 Å². The molecule has 0 saturated carbocycles. The SMILES string of the molecule is O=C([C@@H]1CCCOC1)N1CCC(c2nccnc2Nc2cnccn2)CC1. The number of hydrogen-bond donors (Lipinski definition) is 1. The fourth-order valence-electron chi connectivity index (χ4n) is 3.80. The van der Waals surface area contributed by atoms with Crippen molar-refractivity contribution in [2.75, 3.05) is 31.6 Å². The first-order valence-corrected chi connectivity index (χ1v) is 9.52. The Bertz CT molecular complexity index is 758. The molecule has 2 aromatic rings. The second-order valence-electron chi connectivity index (χ2n) is 7.02. The molecule has 0 radical (unpaired) electrons. The maximum atomic E-state index is 12.7. The molecule has 0 bridgehead atoms. The van der Waals surface area contributed by atoms with E-state index in [1.165, 1.54) is 0 Å². The molecule has 2 aliphatic rings. The second kappa shape index (κ2) is 8.39. The summed E-state index contributed by atoms with van der Waals surface area (Å²) >= 11 is 0. The van der Waals surface area contributed by atoms with Crippen LogP contribution in [0.4, 0.5) is 11.6 Å². The average Bonchev–Trinajstić information content (AvgIpc) is 2.75. The molecular formula is C19H24N6O2. The van der Waals surface area contributed by atoms with E-state index < -0.39 is 0 Å². The lowest BCUT2D eigenvalue weighted by Crippen LogP contribution is -2.43. The third kappa shape index (κ3) is 4.21. The van der Waals surface area contributed by atoms with Gasteiger partial charge in [0.2, 0.25) is 5.91 Å². The number of nitrogens with zero attached hydrogens (tertiary/aromatic N) is 5. The quantitative estimate of drug-likeness (QED) is 0.884. The summed E-state index contributed by atoms with van der Waals surface area (Å²) in [7, 11) is 0. The molecule has 4 heterocycles. The number of rotatable bonds is 4. The number of anilines is 2. The van der Waals surface area contributed by atoms with E-state index >= 15 is 0 Å². The first-order valence-electron chi connectivity index (χ1n) is 9.52. The Morgan fingerprint density at radius 1 is 1.07 bits per heavy atom. The van der Waals surface area contributed by atoms with Gasteiger partial charge in [-0.3, -0.25) is 14.8 Å². The molecule has 1 N–H and O–H groups in total. The molecular weight excluding hydrogens is 344 g/mol. The van der Waals surface area contributed by atoms with E-state index in [0.29, 0.717) is 18.2 Å². The number of aromatic nitrogens is 4. The van der Waals surface area contributed by atoms with Crippen molar-refractivity contribution in [2.24, 2.45) is 5.92 Å². The van der Waals surface area contributed by atoms with E-state index in [4.69, 9.17) is 4.74 Å². The fraction of sp³-hybridized carbons (Fsp3) is 0.526. The number of carbonyl (C=O) groups is 1. The van der Waals surface area contributed by atoms with Crippen molar-refractivity contribution in [2.45, 2.75) is 31.6 Å². The zero-order chi connectivity index (χ0) is 18.5. The van der Waals surface area contributed by atoms with E-state index in [1.54, 1.807) is 31.0 Å². The molecule has 0 spiro atoms. The molecule has 1 amide bonds. The summed E-state index contributed by atoms with van der Waals surface area (Å²) in [6, 6.07) is 0. The second-order valence-corrected chi connectivity index (χ2v) is 7.02. The topological polar surface area (TPSA) is 93.1 Å².